The Morgan fingerprint density at radius 2 is 1.86 bits per heavy atom. The van der Waals surface area contributed by atoms with Gasteiger partial charge in [0.05, 0.1) is 13.2 Å². The van der Waals surface area contributed by atoms with Crippen LogP contribution in [0.1, 0.15) is 24.1 Å². The molecule has 1 N–H and O–H groups in total. The summed E-state index contributed by atoms with van der Waals surface area (Å²) in [4.78, 5) is 0. The molecule has 0 amide bonds. The van der Waals surface area contributed by atoms with E-state index in [1.165, 1.54) is 37.4 Å². The first-order valence-electron chi connectivity index (χ1n) is 6.59. The highest BCUT2D eigenvalue weighted by Crippen LogP contribution is 2.32. The molecule has 0 radical (unpaired) electrons. The topological polar surface area (TPSA) is 21.3 Å². The second-order valence-corrected chi connectivity index (χ2v) is 4.52. The van der Waals surface area contributed by atoms with E-state index < -0.39 is 23.5 Å². The zero-order valence-corrected chi connectivity index (χ0v) is 11.8. The third-order valence-electron chi connectivity index (χ3n) is 3.20. The molecule has 1 atom stereocenters. The van der Waals surface area contributed by atoms with Gasteiger partial charge in [-0.2, -0.15) is 0 Å². The Morgan fingerprint density at radius 3 is 2.52 bits per heavy atom. The van der Waals surface area contributed by atoms with Crippen LogP contribution in [0.4, 0.5) is 13.2 Å². The van der Waals surface area contributed by atoms with Crippen LogP contribution in [0.3, 0.4) is 0 Å². The van der Waals surface area contributed by atoms with Crippen molar-refractivity contribution in [1.29, 1.82) is 0 Å². The molecule has 5 heteroatoms. The van der Waals surface area contributed by atoms with Crippen molar-refractivity contribution in [3.63, 3.8) is 0 Å². The Hall–Kier alpha value is -2.01. The summed E-state index contributed by atoms with van der Waals surface area (Å²) in [5.41, 5.74) is 0.532. The van der Waals surface area contributed by atoms with E-state index in [2.05, 4.69) is 5.32 Å². The van der Waals surface area contributed by atoms with E-state index >= 15 is 0 Å². The van der Waals surface area contributed by atoms with Crippen LogP contribution in [0.5, 0.6) is 5.75 Å². The van der Waals surface area contributed by atoms with Crippen molar-refractivity contribution in [3.8, 4) is 5.75 Å². The highest BCUT2D eigenvalue weighted by molar-refractivity contribution is 5.42. The minimum Gasteiger partial charge on any atom is -0.496 e. The summed E-state index contributed by atoms with van der Waals surface area (Å²) in [5.74, 6) is -1.95. The van der Waals surface area contributed by atoms with Crippen molar-refractivity contribution in [1.82, 2.24) is 5.32 Å². The Bertz CT molecular complexity index is 631. The molecule has 0 aliphatic heterocycles. The number of ether oxygens (including phenoxy) is 1. The van der Waals surface area contributed by atoms with Gasteiger partial charge in [-0.15, -0.1) is 0 Å². The monoisotopic (exact) mass is 295 g/mol. The normalized spacial score (nSPS) is 12.2. The number of hydrogen-bond donors (Lipinski definition) is 1. The van der Waals surface area contributed by atoms with Crippen molar-refractivity contribution in [2.45, 2.75) is 13.0 Å². The maximum atomic E-state index is 14.0. The van der Waals surface area contributed by atoms with E-state index in [1.807, 2.05) is 6.92 Å². The van der Waals surface area contributed by atoms with E-state index in [0.29, 0.717) is 17.9 Å². The quantitative estimate of drug-likeness (QED) is 0.905. The average molecular weight is 295 g/mol. The molecule has 0 bridgehead atoms. The third kappa shape index (κ3) is 3.19. The standard InChI is InChI=1S/C16H16F3NO/c1-3-20-16(11-5-4-6-13(18)15(11)19)12-9-10(17)7-8-14(12)21-2/h4-9,16,20H,3H2,1-2H3. The summed E-state index contributed by atoms with van der Waals surface area (Å²) in [6, 6.07) is 7.22. The number of rotatable bonds is 5. The van der Waals surface area contributed by atoms with Crippen LogP contribution in [0, 0.1) is 17.5 Å². The van der Waals surface area contributed by atoms with Crippen LogP contribution in [0.15, 0.2) is 36.4 Å². The predicted molar refractivity (Wildman–Crippen MR) is 74.8 cm³/mol. The van der Waals surface area contributed by atoms with E-state index in [1.54, 1.807) is 0 Å². The van der Waals surface area contributed by atoms with Crippen molar-refractivity contribution in [2.75, 3.05) is 13.7 Å². The summed E-state index contributed by atoms with van der Waals surface area (Å²) in [6.45, 7) is 2.33. The molecule has 0 aromatic heterocycles. The summed E-state index contributed by atoms with van der Waals surface area (Å²) in [7, 11) is 1.45. The molecule has 0 heterocycles. The van der Waals surface area contributed by atoms with Crippen molar-refractivity contribution < 1.29 is 17.9 Å². The molecule has 0 aliphatic carbocycles. The minimum absolute atomic E-state index is 0.112. The Morgan fingerprint density at radius 1 is 1.10 bits per heavy atom. The van der Waals surface area contributed by atoms with Gasteiger partial charge in [-0.25, -0.2) is 13.2 Å². The highest BCUT2D eigenvalue weighted by atomic mass is 19.2. The molecular weight excluding hydrogens is 279 g/mol. The van der Waals surface area contributed by atoms with Crippen LogP contribution >= 0.6 is 0 Å². The third-order valence-corrected chi connectivity index (χ3v) is 3.20. The number of methoxy groups -OCH3 is 1. The first kappa shape index (κ1) is 15.4. The number of nitrogens with one attached hydrogen (secondary N) is 1. The van der Waals surface area contributed by atoms with E-state index in [9.17, 15) is 13.2 Å². The number of hydrogen-bond acceptors (Lipinski definition) is 2. The molecule has 2 aromatic carbocycles. The summed E-state index contributed by atoms with van der Waals surface area (Å²) >= 11 is 0. The molecule has 0 saturated heterocycles. The van der Waals surface area contributed by atoms with Gasteiger partial charge in [0.1, 0.15) is 11.6 Å². The minimum atomic E-state index is -0.949. The Kier molecular flexibility index (Phi) is 4.85. The Balaban J connectivity index is 2.58. The van der Waals surface area contributed by atoms with Crippen LogP contribution in [-0.2, 0) is 0 Å². The van der Waals surface area contributed by atoms with E-state index in [-0.39, 0.29) is 5.56 Å². The van der Waals surface area contributed by atoms with Gasteiger partial charge in [-0.05, 0) is 30.8 Å². The van der Waals surface area contributed by atoms with Crippen LogP contribution in [0.25, 0.3) is 0 Å². The fourth-order valence-electron chi connectivity index (χ4n) is 2.27. The van der Waals surface area contributed by atoms with E-state index in [0.717, 1.165) is 6.07 Å². The average Bonchev–Trinajstić information content (AvgIpc) is 2.48. The molecule has 0 saturated carbocycles. The van der Waals surface area contributed by atoms with Crippen molar-refractivity contribution in [3.05, 3.63) is 65.0 Å². The molecule has 2 rings (SSSR count). The first-order valence-corrected chi connectivity index (χ1v) is 6.59. The largest absolute Gasteiger partial charge is 0.496 e. The zero-order chi connectivity index (χ0) is 15.4. The molecule has 2 aromatic rings. The van der Waals surface area contributed by atoms with Crippen molar-refractivity contribution in [2.24, 2.45) is 0 Å². The fourth-order valence-corrected chi connectivity index (χ4v) is 2.27. The van der Waals surface area contributed by atoms with Gasteiger partial charge in [-0.3, -0.25) is 0 Å². The maximum Gasteiger partial charge on any atom is 0.163 e. The molecule has 2 nitrogen and oxygen atoms in total. The van der Waals surface area contributed by atoms with E-state index in [4.69, 9.17) is 4.74 Å². The second kappa shape index (κ2) is 6.63. The lowest BCUT2D eigenvalue weighted by molar-refractivity contribution is 0.400. The van der Waals surface area contributed by atoms with Crippen LogP contribution < -0.4 is 10.1 Å². The molecule has 1 unspecified atom stereocenters. The van der Waals surface area contributed by atoms with Crippen LogP contribution in [0.2, 0.25) is 0 Å². The summed E-state index contributed by atoms with van der Waals surface area (Å²) < 4.78 is 46.2. The Labute approximate surface area is 121 Å². The number of benzene rings is 2. The molecule has 0 fully saturated rings. The van der Waals surface area contributed by atoms with Gasteiger partial charge < -0.3 is 10.1 Å². The lowest BCUT2D eigenvalue weighted by atomic mass is 9.97. The number of halogens is 3. The molecule has 0 spiro atoms. The zero-order valence-electron chi connectivity index (χ0n) is 11.8. The van der Waals surface area contributed by atoms with Gasteiger partial charge in [-0.1, -0.05) is 19.1 Å². The molecule has 21 heavy (non-hydrogen) atoms. The molecular formula is C16H16F3NO. The van der Waals surface area contributed by atoms with Crippen LogP contribution in [-0.4, -0.2) is 13.7 Å². The lowest BCUT2D eigenvalue weighted by Gasteiger charge is -2.22. The summed E-state index contributed by atoms with van der Waals surface area (Å²) in [5, 5.41) is 3.03. The molecule has 0 aliphatic rings. The lowest BCUT2D eigenvalue weighted by Crippen LogP contribution is -2.24. The van der Waals surface area contributed by atoms with Gasteiger partial charge in [0.15, 0.2) is 11.6 Å². The van der Waals surface area contributed by atoms with Gasteiger partial charge in [0.2, 0.25) is 0 Å². The van der Waals surface area contributed by atoms with Gasteiger partial charge >= 0.3 is 0 Å². The van der Waals surface area contributed by atoms with Crippen molar-refractivity contribution >= 4 is 0 Å². The fraction of sp³-hybridized carbons (Fsp3) is 0.250. The highest BCUT2D eigenvalue weighted by Gasteiger charge is 2.22. The second-order valence-electron chi connectivity index (χ2n) is 4.52. The van der Waals surface area contributed by atoms with Gasteiger partial charge in [0.25, 0.3) is 0 Å². The molecule has 112 valence electrons. The first-order chi connectivity index (χ1) is 10.1. The SMILES string of the molecule is CCNC(c1cc(F)ccc1OC)c1cccc(F)c1F. The maximum absolute atomic E-state index is 14.0. The smallest absolute Gasteiger partial charge is 0.163 e. The summed E-state index contributed by atoms with van der Waals surface area (Å²) in [6.07, 6.45) is 0. The van der Waals surface area contributed by atoms with Gasteiger partial charge in [0, 0.05) is 11.1 Å². The predicted octanol–water partition coefficient (Wildman–Crippen LogP) is 3.81.